The first-order valence-electron chi connectivity index (χ1n) is 21.7. The van der Waals surface area contributed by atoms with Gasteiger partial charge in [0.15, 0.2) is 11.9 Å². The molecule has 5 aliphatic heterocycles. The molecule has 1 atom stereocenters. The highest BCUT2D eigenvalue weighted by Gasteiger charge is 2.38. The van der Waals surface area contributed by atoms with E-state index in [4.69, 9.17) is 25.2 Å². The molecule has 326 valence electrons. The Kier molecular flexibility index (Phi) is 11.7. The van der Waals surface area contributed by atoms with Gasteiger partial charge in [0.05, 0.1) is 49.7 Å². The molecule has 2 aromatic heterocycles. The van der Waals surface area contributed by atoms with Crippen LogP contribution in [0.4, 0.5) is 11.8 Å². The summed E-state index contributed by atoms with van der Waals surface area (Å²) in [6.45, 7) is 11.4. The minimum absolute atomic E-state index is 0.00253. The number of carbonyl (C=O) groups is 3. The Morgan fingerprint density at radius 3 is 2.34 bits per heavy atom. The van der Waals surface area contributed by atoms with Crippen molar-refractivity contribution in [1.29, 1.82) is 0 Å². The summed E-state index contributed by atoms with van der Waals surface area (Å²) in [5.41, 5.74) is 12.3. The third-order valence-electron chi connectivity index (χ3n) is 12.9. The zero-order chi connectivity index (χ0) is 43.1. The van der Waals surface area contributed by atoms with Crippen molar-refractivity contribution >= 4 is 29.5 Å². The number of phenolic OH excluding ortho intramolecular Hbond substituents is 2. The zero-order valence-electron chi connectivity index (χ0n) is 35.3. The normalized spacial score (nSPS) is 19.8. The van der Waals surface area contributed by atoms with E-state index in [1.54, 1.807) is 28.3 Å². The molecular weight excluding hydrogens is 793 g/mol. The van der Waals surface area contributed by atoms with Crippen LogP contribution in [-0.4, -0.2) is 139 Å². The Hall–Kier alpha value is -5.91. The number of fused-ring (bicyclic) bond motifs is 2. The first-order chi connectivity index (χ1) is 30.0. The number of hydrogen-bond acceptors (Lipinski definition) is 14. The number of nitrogens with zero attached hydrogens (tertiary/aromatic N) is 9. The standard InChI is InChI=1S/C45H54N10O7/c1-27(2)34-18-35(38(57)19-37(34)56)43(59)55-23-30-4-3-28(17-31(30)24-55)22-51-8-5-29(6-9-51)42(58)54-13-16-62-39(26-54)44(60)53-10-7-33-36(25-53)49-40(32-20-47-45(46)48-21-32)50-41(33)52-11-14-61-15-12-52/h3-4,17-21,27,29,39,56-57H,5-16,22-26H2,1-2H3,(H2,46,47,48)/t39-/m0/s1. The van der Waals surface area contributed by atoms with Crippen molar-refractivity contribution in [3.05, 3.63) is 81.8 Å². The highest BCUT2D eigenvalue weighted by atomic mass is 16.5. The van der Waals surface area contributed by atoms with Crippen molar-refractivity contribution in [2.75, 3.05) is 76.3 Å². The van der Waals surface area contributed by atoms with Gasteiger partial charge in [0.25, 0.3) is 11.8 Å². The van der Waals surface area contributed by atoms with Gasteiger partial charge in [-0.05, 0) is 66.6 Å². The molecule has 2 aromatic carbocycles. The Balaban J connectivity index is 0.790. The number of ether oxygens (including phenoxy) is 2. The summed E-state index contributed by atoms with van der Waals surface area (Å²) < 4.78 is 11.6. The van der Waals surface area contributed by atoms with Gasteiger partial charge in [-0.1, -0.05) is 32.0 Å². The third kappa shape index (κ3) is 8.48. The summed E-state index contributed by atoms with van der Waals surface area (Å²) in [6, 6.07) is 9.19. The van der Waals surface area contributed by atoms with E-state index in [1.807, 2.05) is 18.7 Å². The quantitative estimate of drug-likeness (QED) is 0.233. The molecule has 62 heavy (non-hydrogen) atoms. The summed E-state index contributed by atoms with van der Waals surface area (Å²) in [4.78, 5) is 69.5. The van der Waals surface area contributed by atoms with Crippen LogP contribution in [0.25, 0.3) is 11.4 Å². The molecule has 9 rings (SSSR count). The van der Waals surface area contributed by atoms with E-state index >= 15 is 0 Å². The predicted octanol–water partition coefficient (Wildman–Crippen LogP) is 3.07. The second-order valence-corrected chi connectivity index (χ2v) is 17.3. The van der Waals surface area contributed by atoms with Crippen molar-refractivity contribution in [1.82, 2.24) is 39.5 Å². The minimum atomic E-state index is -0.754. The van der Waals surface area contributed by atoms with Gasteiger partial charge in [0.1, 0.15) is 17.3 Å². The van der Waals surface area contributed by atoms with Gasteiger partial charge in [0.2, 0.25) is 11.9 Å². The van der Waals surface area contributed by atoms with Crippen LogP contribution in [0.3, 0.4) is 0 Å². The number of phenols is 2. The van der Waals surface area contributed by atoms with Crippen LogP contribution in [0.2, 0.25) is 0 Å². The number of likely N-dealkylation sites (tertiary alicyclic amines) is 1. The number of nitrogens with two attached hydrogens (primary N) is 1. The second-order valence-electron chi connectivity index (χ2n) is 17.3. The maximum atomic E-state index is 14.1. The molecule has 0 bridgehead atoms. The topological polar surface area (TPSA) is 204 Å². The maximum Gasteiger partial charge on any atom is 0.258 e. The lowest BCUT2D eigenvalue weighted by Crippen LogP contribution is -2.55. The smallest absolute Gasteiger partial charge is 0.258 e. The molecule has 0 aliphatic carbocycles. The largest absolute Gasteiger partial charge is 0.508 e. The molecule has 0 saturated carbocycles. The lowest BCUT2D eigenvalue weighted by atomic mass is 9.94. The van der Waals surface area contributed by atoms with Gasteiger partial charge < -0.3 is 45.0 Å². The fourth-order valence-corrected chi connectivity index (χ4v) is 9.36. The number of piperidine rings is 1. The zero-order valence-corrected chi connectivity index (χ0v) is 35.3. The average Bonchev–Trinajstić information content (AvgIpc) is 3.72. The number of benzene rings is 2. The van der Waals surface area contributed by atoms with Crippen LogP contribution in [0, 0.1) is 5.92 Å². The Morgan fingerprint density at radius 1 is 0.823 bits per heavy atom. The van der Waals surface area contributed by atoms with E-state index in [9.17, 15) is 24.6 Å². The van der Waals surface area contributed by atoms with Crippen LogP contribution in [0.15, 0.2) is 42.7 Å². The number of aromatic hydroxyl groups is 2. The van der Waals surface area contributed by atoms with Gasteiger partial charge in [0, 0.05) is 75.8 Å². The minimum Gasteiger partial charge on any atom is -0.508 e. The number of hydrogen-bond donors (Lipinski definition) is 3. The number of rotatable bonds is 8. The predicted molar refractivity (Wildman–Crippen MR) is 228 cm³/mol. The van der Waals surface area contributed by atoms with Gasteiger partial charge in [-0.3, -0.25) is 19.3 Å². The molecule has 17 nitrogen and oxygen atoms in total. The Morgan fingerprint density at radius 2 is 1.58 bits per heavy atom. The van der Waals surface area contributed by atoms with Crippen molar-refractivity contribution in [3.8, 4) is 22.9 Å². The van der Waals surface area contributed by atoms with Crippen LogP contribution in [0.1, 0.15) is 76.5 Å². The SMILES string of the molecule is CC(C)c1cc(C(=O)N2Cc3ccc(CN4CCC(C(=O)N5CCO[C@H](C(=O)N6CCc7c(nc(-c8cnc(N)nc8)nc7N7CCOCC7)C6)C5)CC4)cc3C2)c(O)cc1O. The molecule has 3 fully saturated rings. The van der Waals surface area contributed by atoms with E-state index in [2.05, 4.69) is 38.0 Å². The van der Waals surface area contributed by atoms with Gasteiger partial charge >= 0.3 is 0 Å². The molecule has 7 heterocycles. The van der Waals surface area contributed by atoms with E-state index in [0.29, 0.717) is 89.0 Å². The van der Waals surface area contributed by atoms with Crippen LogP contribution in [0.5, 0.6) is 11.5 Å². The molecule has 5 aliphatic rings. The fraction of sp³-hybridized carbons (Fsp3) is 0.489. The lowest BCUT2D eigenvalue weighted by Gasteiger charge is -2.39. The molecular formula is C45H54N10O7. The number of carbonyl (C=O) groups excluding carboxylic acids is 3. The molecule has 0 spiro atoms. The Labute approximate surface area is 360 Å². The molecule has 17 heteroatoms. The fourth-order valence-electron chi connectivity index (χ4n) is 9.36. The second kappa shape index (κ2) is 17.5. The summed E-state index contributed by atoms with van der Waals surface area (Å²) in [7, 11) is 0. The van der Waals surface area contributed by atoms with Gasteiger partial charge in [-0.15, -0.1) is 0 Å². The first-order valence-corrected chi connectivity index (χ1v) is 21.7. The number of anilines is 2. The van der Waals surface area contributed by atoms with Crippen LogP contribution in [-0.2, 0) is 51.7 Å². The average molecular weight is 847 g/mol. The molecule has 3 amide bonds. The van der Waals surface area contributed by atoms with E-state index in [0.717, 1.165) is 66.2 Å². The van der Waals surface area contributed by atoms with Crippen molar-refractivity contribution in [2.45, 2.75) is 71.3 Å². The maximum absolute atomic E-state index is 14.1. The monoisotopic (exact) mass is 846 g/mol. The van der Waals surface area contributed by atoms with Crippen molar-refractivity contribution in [2.24, 2.45) is 5.92 Å². The highest BCUT2D eigenvalue weighted by molar-refractivity contribution is 5.97. The lowest BCUT2D eigenvalue weighted by molar-refractivity contribution is -0.157. The van der Waals surface area contributed by atoms with Crippen LogP contribution < -0.4 is 10.6 Å². The molecule has 0 unspecified atom stereocenters. The van der Waals surface area contributed by atoms with Gasteiger partial charge in [-0.25, -0.2) is 19.9 Å². The van der Waals surface area contributed by atoms with Crippen molar-refractivity contribution in [3.63, 3.8) is 0 Å². The number of amides is 3. The Bertz CT molecular complexity index is 2350. The first kappa shape index (κ1) is 41.4. The summed E-state index contributed by atoms with van der Waals surface area (Å²) in [5, 5.41) is 20.8. The highest BCUT2D eigenvalue weighted by Crippen LogP contribution is 2.35. The van der Waals surface area contributed by atoms with Gasteiger partial charge in [-0.2, -0.15) is 0 Å². The van der Waals surface area contributed by atoms with E-state index in [-0.39, 0.29) is 59.1 Å². The summed E-state index contributed by atoms with van der Waals surface area (Å²) in [6.07, 6.45) is 4.51. The third-order valence-corrected chi connectivity index (χ3v) is 12.9. The summed E-state index contributed by atoms with van der Waals surface area (Å²) >= 11 is 0. The molecule has 4 N–H and O–H groups in total. The summed E-state index contributed by atoms with van der Waals surface area (Å²) in [5.74, 6) is 0.774. The molecule has 4 aromatic rings. The number of nitrogen functional groups attached to an aromatic ring is 1. The molecule has 0 radical (unpaired) electrons. The number of morpholine rings is 2. The van der Waals surface area contributed by atoms with Crippen molar-refractivity contribution < 1.29 is 34.1 Å². The number of aromatic nitrogens is 4. The van der Waals surface area contributed by atoms with Crippen LogP contribution >= 0.6 is 0 Å². The molecule has 3 saturated heterocycles. The van der Waals surface area contributed by atoms with E-state index < -0.39 is 6.10 Å². The van der Waals surface area contributed by atoms with E-state index in [1.165, 1.54) is 6.07 Å².